The van der Waals surface area contributed by atoms with Crippen molar-refractivity contribution in [2.24, 2.45) is 0 Å². The maximum Gasteiger partial charge on any atom is 0.416 e. The molecule has 1 N–H and O–H groups in total. The van der Waals surface area contributed by atoms with Gasteiger partial charge in [0.15, 0.2) is 0 Å². The van der Waals surface area contributed by atoms with Gasteiger partial charge in [0.2, 0.25) is 5.91 Å². The molecule has 3 rings (SSSR count). The second-order valence-electron chi connectivity index (χ2n) is 6.79. The molecule has 3 aromatic rings. The summed E-state index contributed by atoms with van der Waals surface area (Å²) in [6, 6.07) is 16.8. The molecule has 0 aliphatic rings. The van der Waals surface area contributed by atoms with Gasteiger partial charge in [0.05, 0.1) is 16.4 Å². The summed E-state index contributed by atoms with van der Waals surface area (Å²) in [5.74, 6) is -2.34. The molecule has 0 saturated heterocycles. The van der Waals surface area contributed by atoms with Crippen LogP contribution in [0.3, 0.4) is 0 Å². The number of nitrogens with one attached hydrogen (secondary N) is 1. The minimum atomic E-state index is -4.73. The number of benzene rings is 3. The number of carbonyl (C=O) groups is 1. The molecule has 9 heteroatoms. The Morgan fingerprint density at radius 1 is 0.903 bits per heavy atom. The zero-order chi connectivity index (χ0) is 22.6. The molecule has 0 saturated carbocycles. The summed E-state index contributed by atoms with van der Waals surface area (Å²) < 4.78 is 79.1. The Labute approximate surface area is 176 Å². The summed E-state index contributed by atoms with van der Waals surface area (Å²) in [5, 5.41) is 0. The highest BCUT2D eigenvalue weighted by atomic mass is 32.2. The third-order valence-corrected chi connectivity index (χ3v) is 5.92. The van der Waals surface area contributed by atoms with Crippen molar-refractivity contribution in [2.45, 2.75) is 23.4 Å². The van der Waals surface area contributed by atoms with E-state index in [0.29, 0.717) is 17.2 Å². The van der Waals surface area contributed by atoms with Gasteiger partial charge < -0.3 is 0 Å². The molecule has 0 spiro atoms. The van der Waals surface area contributed by atoms with Gasteiger partial charge in [-0.25, -0.2) is 17.5 Å². The summed E-state index contributed by atoms with van der Waals surface area (Å²) in [6.45, 7) is 0. The molecule has 0 aliphatic heterocycles. The number of rotatable bonds is 6. The molecule has 1 atom stereocenters. The lowest BCUT2D eigenvalue weighted by Crippen LogP contribution is -2.35. The standard InChI is InChI=1S/C22H17F4NO3S/c23-18-11-9-15(10-12-18)13-20(16-5-2-1-3-6-16)21(28)27-31(29,30)19-8-4-7-17(14-19)22(24,25)26/h1-12,14,20H,13H2,(H,27,28)/t20-/m0/s1. The second-order valence-corrected chi connectivity index (χ2v) is 8.47. The summed E-state index contributed by atoms with van der Waals surface area (Å²) in [7, 11) is -4.55. The van der Waals surface area contributed by atoms with Gasteiger partial charge in [0.1, 0.15) is 5.82 Å². The molecular formula is C22H17F4NO3S. The third kappa shape index (κ3) is 5.69. The SMILES string of the molecule is O=C(NS(=O)(=O)c1cccc(C(F)(F)F)c1)[C@@H](Cc1ccc(F)cc1)c1ccccc1. The number of hydrogen-bond donors (Lipinski definition) is 1. The maximum atomic E-state index is 13.2. The van der Waals surface area contributed by atoms with Gasteiger partial charge in [-0.1, -0.05) is 48.5 Å². The lowest BCUT2D eigenvalue weighted by atomic mass is 9.91. The van der Waals surface area contributed by atoms with Crippen LogP contribution in [0.15, 0.2) is 83.8 Å². The van der Waals surface area contributed by atoms with Crippen LogP contribution in [0.1, 0.15) is 22.6 Å². The van der Waals surface area contributed by atoms with Crippen LogP contribution >= 0.6 is 0 Å². The lowest BCUT2D eigenvalue weighted by molar-refractivity contribution is -0.137. The molecule has 31 heavy (non-hydrogen) atoms. The van der Waals surface area contributed by atoms with E-state index in [1.54, 1.807) is 30.3 Å². The van der Waals surface area contributed by atoms with E-state index in [2.05, 4.69) is 0 Å². The predicted octanol–water partition coefficient (Wildman–Crippen LogP) is 4.68. The fourth-order valence-electron chi connectivity index (χ4n) is 3.01. The first-order chi connectivity index (χ1) is 14.6. The van der Waals surface area contributed by atoms with Crippen LogP contribution < -0.4 is 4.72 Å². The van der Waals surface area contributed by atoms with Crippen molar-refractivity contribution < 1.29 is 30.8 Å². The van der Waals surface area contributed by atoms with Gasteiger partial charge >= 0.3 is 6.18 Å². The molecular weight excluding hydrogens is 434 g/mol. The van der Waals surface area contributed by atoms with Crippen molar-refractivity contribution >= 4 is 15.9 Å². The monoisotopic (exact) mass is 451 g/mol. The Morgan fingerprint density at radius 3 is 2.16 bits per heavy atom. The molecule has 0 bridgehead atoms. The normalized spacial score (nSPS) is 12.9. The average Bonchev–Trinajstić information content (AvgIpc) is 2.73. The Kier molecular flexibility index (Phi) is 6.45. The smallest absolute Gasteiger partial charge is 0.273 e. The largest absolute Gasteiger partial charge is 0.416 e. The highest BCUT2D eigenvalue weighted by molar-refractivity contribution is 7.90. The first-order valence-electron chi connectivity index (χ1n) is 9.09. The topological polar surface area (TPSA) is 63.2 Å². The molecule has 0 fully saturated rings. The van der Waals surface area contributed by atoms with E-state index in [-0.39, 0.29) is 6.42 Å². The van der Waals surface area contributed by atoms with E-state index in [9.17, 15) is 30.8 Å². The molecule has 0 aliphatic carbocycles. The van der Waals surface area contributed by atoms with Crippen LogP contribution in [0.25, 0.3) is 0 Å². The van der Waals surface area contributed by atoms with Gasteiger partial charge in [-0.05, 0) is 47.9 Å². The number of halogens is 4. The van der Waals surface area contributed by atoms with Crippen molar-refractivity contribution in [2.75, 3.05) is 0 Å². The summed E-state index contributed by atoms with van der Waals surface area (Å²) >= 11 is 0. The molecule has 4 nitrogen and oxygen atoms in total. The minimum absolute atomic E-state index is 0.0637. The zero-order valence-electron chi connectivity index (χ0n) is 15.9. The molecule has 0 aromatic heterocycles. The lowest BCUT2D eigenvalue weighted by Gasteiger charge is -2.18. The Bertz CT molecular complexity index is 1160. The van der Waals surface area contributed by atoms with Gasteiger partial charge in [0.25, 0.3) is 10.0 Å². The number of sulfonamides is 1. The second kappa shape index (κ2) is 8.89. The molecule has 162 valence electrons. The van der Waals surface area contributed by atoms with Gasteiger partial charge in [0, 0.05) is 0 Å². The van der Waals surface area contributed by atoms with E-state index in [4.69, 9.17) is 0 Å². The molecule has 1 amide bonds. The van der Waals surface area contributed by atoms with Crippen LogP contribution in [0, 0.1) is 5.82 Å². The summed E-state index contributed by atoms with van der Waals surface area (Å²) in [6.07, 6.45) is -4.67. The van der Waals surface area contributed by atoms with Crippen molar-refractivity contribution in [1.29, 1.82) is 0 Å². The molecule has 0 radical (unpaired) electrons. The van der Waals surface area contributed by atoms with Crippen LogP contribution in [0.5, 0.6) is 0 Å². The van der Waals surface area contributed by atoms with E-state index in [1.165, 1.54) is 24.3 Å². The van der Waals surface area contributed by atoms with Crippen molar-refractivity contribution in [1.82, 2.24) is 4.72 Å². The van der Waals surface area contributed by atoms with Crippen LogP contribution in [0.2, 0.25) is 0 Å². The molecule has 3 aromatic carbocycles. The van der Waals surface area contributed by atoms with Gasteiger partial charge in [-0.15, -0.1) is 0 Å². The number of hydrogen-bond acceptors (Lipinski definition) is 3. The summed E-state index contributed by atoms with van der Waals surface area (Å²) in [5.41, 5.74) is -0.0563. The first kappa shape index (κ1) is 22.5. The minimum Gasteiger partial charge on any atom is -0.273 e. The molecule has 0 heterocycles. The Balaban J connectivity index is 1.90. The summed E-state index contributed by atoms with van der Waals surface area (Å²) in [4.78, 5) is 12.2. The van der Waals surface area contributed by atoms with Crippen molar-refractivity contribution in [3.8, 4) is 0 Å². The number of amides is 1. The van der Waals surface area contributed by atoms with E-state index >= 15 is 0 Å². The average molecular weight is 451 g/mol. The quantitative estimate of drug-likeness (QED) is 0.554. The highest BCUT2D eigenvalue weighted by Gasteiger charge is 2.32. The fourth-order valence-corrected chi connectivity index (χ4v) is 4.07. The fraction of sp³-hybridized carbons (Fsp3) is 0.136. The van der Waals surface area contributed by atoms with E-state index in [0.717, 1.165) is 18.2 Å². The zero-order valence-corrected chi connectivity index (χ0v) is 16.8. The van der Waals surface area contributed by atoms with Crippen molar-refractivity contribution in [3.05, 3.63) is 101 Å². The van der Waals surface area contributed by atoms with Crippen LogP contribution in [-0.2, 0) is 27.4 Å². The number of alkyl halides is 3. The third-order valence-electron chi connectivity index (χ3n) is 4.58. The van der Waals surface area contributed by atoms with Crippen LogP contribution in [0.4, 0.5) is 17.6 Å². The maximum absolute atomic E-state index is 13.2. The van der Waals surface area contributed by atoms with Gasteiger partial charge in [-0.3, -0.25) is 4.79 Å². The van der Waals surface area contributed by atoms with Crippen molar-refractivity contribution in [3.63, 3.8) is 0 Å². The predicted molar refractivity (Wildman–Crippen MR) is 106 cm³/mol. The van der Waals surface area contributed by atoms with Gasteiger partial charge in [-0.2, -0.15) is 13.2 Å². The Hall–Kier alpha value is -3.20. The highest BCUT2D eigenvalue weighted by Crippen LogP contribution is 2.30. The van der Waals surface area contributed by atoms with E-state index < -0.39 is 44.3 Å². The molecule has 0 unspecified atom stereocenters. The number of carbonyl (C=O) groups excluding carboxylic acids is 1. The Morgan fingerprint density at radius 2 is 1.55 bits per heavy atom. The first-order valence-corrected chi connectivity index (χ1v) is 10.6. The van der Waals surface area contributed by atoms with E-state index in [1.807, 2.05) is 4.72 Å². The van der Waals surface area contributed by atoms with Crippen LogP contribution in [-0.4, -0.2) is 14.3 Å².